The van der Waals surface area contributed by atoms with Crippen LogP contribution in [0.25, 0.3) is 144 Å². The van der Waals surface area contributed by atoms with E-state index in [4.69, 9.17) is 0 Å². The van der Waals surface area contributed by atoms with Gasteiger partial charge < -0.3 is 18.9 Å². The first-order valence-corrected chi connectivity index (χ1v) is 38.3. The highest BCUT2D eigenvalue weighted by Crippen LogP contribution is 2.55. The lowest BCUT2D eigenvalue weighted by Gasteiger charge is -2.46. The first-order chi connectivity index (χ1) is 54.4. The molecule has 516 valence electrons. The second-order valence-electron chi connectivity index (χ2n) is 29.6. The lowest BCUT2D eigenvalue weighted by Crippen LogP contribution is -2.61. The Morgan fingerprint density at radius 1 is 0.218 bits per heavy atom. The molecule has 0 unspecified atom stereocenters. The Morgan fingerprint density at radius 3 is 0.836 bits per heavy atom. The van der Waals surface area contributed by atoms with Crippen molar-refractivity contribution in [1.29, 1.82) is 0 Å². The Balaban J connectivity index is 0.880. The molecule has 0 radical (unpaired) electrons. The fourth-order valence-electron chi connectivity index (χ4n) is 18.0. The van der Waals surface area contributed by atoms with Crippen LogP contribution in [0, 0.1) is 0 Å². The predicted octanol–water partition coefficient (Wildman–Crippen LogP) is 26.4. The van der Waals surface area contributed by atoms with Crippen LogP contribution >= 0.6 is 0 Å². The Kier molecular flexibility index (Phi) is 15.5. The van der Waals surface area contributed by atoms with Gasteiger partial charge in [0.15, 0.2) is 0 Å². The monoisotopic (exact) mass is 1400 g/mol. The maximum absolute atomic E-state index is 2.71. The molecule has 0 fully saturated rings. The highest BCUT2D eigenvalue weighted by atomic mass is 15.2. The van der Waals surface area contributed by atoms with Crippen LogP contribution in [0.3, 0.4) is 0 Å². The van der Waals surface area contributed by atoms with E-state index in [-0.39, 0.29) is 12.6 Å². The number of hydrogen-bond donors (Lipinski definition) is 0. The maximum Gasteiger partial charge on any atom is 0.252 e. The van der Waals surface area contributed by atoms with Crippen molar-refractivity contribution in [2.75, 3.05) is 9.80 Å². The number of nitrogens with zero attached hydrogens (tertiary/aromatic N) is 4. The van der Waals surface area contributed by atoms with Crippen LogP contribution in [0.15, 0.2) is 400 Å². The lowest BCUT2D eigenvalue weighted by atomic mass is 9.33. The van der Waals surface area contributed by atoms with E-state index in [1.54, 1.807) is 0 Å². The van der Waals surface area contributed by atoms with Crippen LogP contribution in [-0.2, 0) is 0 Å². The summed E-state index contributed by atoms with van der Waals surface area (Å²) in [5.74, 6) is 0.105. The summed E-state index contributed by atoms with van der Waals surface area (Å²) in [5.41, 5.74) is 36.8. The second kappa shape index (κ2) is 26.5. The Hall–Kier alpha value is -14.0. The highest BCUT2D eigenvalue weighted by Gasteiger charge is 2.46. The van der Waals surface area contributed by atoms with Crippen molar-refractivity contribution in [3.63, 3.8) is 0 Å². The topological polar surface area (TPSA) is 16.3 Å². The van der Waals surface area contributed by atoms with Gasteiger partial charge in [0.05, 0.1) is 33.4 Å². The quantitative estimate of drug-likeness (QED) is 0.107. The molecule has 5 heteroatoms. The zero-order chi connectivity index (χ0) is 72.9. The summed E-state index contributed by atoms with van der Waals surface area (Å²) in [7, 11) is 0. The van der Waals surface area contributed by atoms with E-state index < -0.39 is 0 Å². The molecule has 0 spiro atoms. The first kappa shape index (κ1) is 64.4. The number of rotatable bonds is 13. The standard InChI is InChI=1S/C105H73BN4/c1-69(2)82-65-101-103-102(66-82)110(105-86(73-35-13-6-14-36-73)50-28-52-88(105)81-44-26-42-79(64-81)77-40-24-38-75(62-77)71-31-9-4-10-32-71)100-68-84(108-97-55-21-17-47-91(97)92-48-18-22-56-98(92)108)58-60-94(100)106(103)93-59-57-83(107-95-53-19-15-45-89(95)90-46-16-20-54-96(90)107)67-99(93)109(101)104-85(72-33-11-5-12-34-72)49-27-51-87(104)80-43-25-41-78(63-80)76-39-23-37-74(61-76)70-29-7-3-8-30-70/h3-69H,1-2H3. The molecule has 2 aliphatic heterocycles. The van der Waals surface area contributed by atoms with Gasteiger partial charge in [-0.15, -0.1) is 0 Å². The molecular formula is C105H73BN4. The number of hydrogen-bond acceptors (Lipinski definition) is 2. The summed E-state index contributed by atoms with van der Waals surface area (Å²) < 4.78 is 4.99. The molecular weight excluding hydrogens is 1330 g/mol. The summed E-state index contributed by atoms with van der Waals surface area (Å²) in [6.07, 6.45) is 0. The average molecular weight is 1400 g/mol. The van der Waals surface area contributed by atoms with Crippen molar-refractivity contribution in [2.45, 2.75) is 19.8 Å². The van der Waals surface area contributed by atoms with E-state index in [1.807, 2.05) is 0 Å². The summed E-state index contributed by atoms with van der Waals surface area (Å²) in [6.45, 7) is 4.49. The highest BCUT2D eigenvalue weighted by molar-refractivity contribution is 7.00. The molecule has 0 saturated heterocycles. The van der Waals surface area contributed by atoms with Crippen LogP contribution in [-0.4, -0.2) is 15.8 Å². The van der Waals surface area contributed by atoms with Gasteiger partial charge in [-0.05, 0) is 180 Å². The zero-order valence-corrected chi connectivity index (χ0v) is 61.0. The molecule has 4 heterocycles. The SMILES string of the molecule is CC(C)c1cc2c3c(c1)N(c1c(-c4ccccc4)cccc1-c1cccc(-c4cccc(-c5ccccc5)c4)c1)c1cc(-n4c5ccccc5c5ccccc54)ccc1B3c1ccc(-n3c4ccccc4c4ccccc43)cc1N2c1c(-c2ccccc2)cccc1-c1cccc(-c2cccc(-c3ccccc3)c2)c1. The third-order valence-corrected chi connectivity index (χ3v) is 23.0. The maximum atomic E-state index is 2.71. The van der Waals surface area contributed by atoms with Gasteiger partial charge in [-0.2, -0.15) is 0 Å². The number of fused-ring (bicyclic) bond motifs is 10. The minimum atomic E-state index is -0.252. The van der Waals surface area contributed by atoms with Crippen LogP contribution in [0.5, 0.6) is 0 Å². The third-order valence-electron chi connectivity index (χ3n) is 23.0. The molecule has 17 aromatic carbocycles. The molecule has 0 amide bonds. The Labute approximate surface area is 641 Å². The molecule has 0 saturated carbocycles. The van der Waals surface area contributed by atoms with Crippen LogP contribution in [0.2, 0.25) is 0 Å². The van der Waals surface area contributed by atoms with Crippen molar-refractivity contribution >= 4 is 101 Å². The molecule has 0 bridgehead atoms. The van der Waals surface area contributed by atoms with Gasteiger partial charge in [0.1, 0.15) is 0 Å². The van der Waals surface area contributed by atoms with E-state index in [2.05, 4.69) is 433 Å². The van der Waals surface area contributed by atoms with Crippen LogP contribution < -0.4 is 26.2 Å². The molecule has 21 rings (SSSR count). The summed E-state index contributed by atoms with van der Waals surface area (Å²) in [5, 5.41) is 4.89. The van der Waals surface area contributed by atoms with Gasteiger partial charge in [-0.1, -0.05) is 329 Å². The minimum absolute atomic E-state index is 0.105. The van der Waals surface area contributed by atoms with Crippen molar-refractivity contribution in [1.82, 2.24) is 9.13 Å². The molecule has 0 atom stereocenters. The van der Waals surface area contributed by atoms with Crippen molar-refractivity contribution < 1.29 is 0 Å². The van der Waals surface area contributed by atoms with Gasteiger partial charge in [0.2, 0.25) is 0 Å². The Bertz CT molecular complexity index is 6320. The van der Waals surface area contributed by atoms with Gasteiger partial charge in [0.25, 0.3) is 6.71 Å². The molecule has 4 nitrogen and oxygen atoms in total. The molecule has 2 aromatic heterocycles. The van der Waals surface area contributed by atoms with Gasteiger partial charge >= 0.3 is 0 Å². The smallest absolute Gasteiger partial charge is 0.252 e. The normalized spacial score (nSPS) is 12.3. The zero-order valence-electron chi connectivity index (χ0n) is 61.0. The summed E-state index contributed by atoms with van der Waals surface area (Å²) in [4.78, 5) is 5.42. The van der Waals surface area contributed by atoms with Gasteiger partial charge in [-0.25, -0.2) is 0 Å². The molecule has 110 heavy (non-hydrogen) atoms. The lowest BCUT2D eigenvalue weighted by molar-refractivity contribution is 0.866. The number of aromatic nitrogens is 2. The molecule has 19 aromatic rings. The van der Waals surface area contributed by atoms with Gasteiger partial charge in [-0.3, -0.25) is 0 Å². The van der Waals surface area contributed by atoms with Gasteiger partial charge in [0, 0.05) is 77.9 Å². The van der Waals surface area contributed by atoms with E-state index in [9.17, 15) is 0 Å². The largest absolute Gasteiger partial charge is 0.310 e. The Morgan fingerprint density at radius 2 is 0.491 bits per heavy atom. The van der Waals surface area contributed by atoms with Crippen molar-refractivity contribution in [3.05, 3.63) is 406 Å². The van der Waals surface area contributed by atoms with E-state index in [0.29, 0.717) is 0 Å². The van der Waals surface area contributed by atoms with E-state index in [0.717, 1.165) is 134 Å². The third kappa shape index (κ3) is 10.7. The summed E-state index contributed by atoms with van der Waals surface area (Å²) >= 11 is 0. The first-order valence-electron chi connectivity index (χ1n) is 38.3. The fourth-order valence-corrected chi connectivity index (χ4v) is 18.0. The van der Waals surface area contributed by atoms with Crippen molar-refractivity contribution in [3.8, 4) is 100 Å². The van der Waals surface area contributed by atoms with E-state index >= 15 is 0 Å². The molecule has 2 aliphatic rings. The number of benzene rings is 17. The van der Waals surface area contributed by atoms with Crippen LogP contribution in [0.1, 0.15) is 25.3 Å². The fraction of sp³-hybridized carbons (Fsp3) is 0.0286. The molecule has 0 aliphatic carbocycles. The average Bonchev–Trinajstić information content (AvgIpc) is 0.989. The van der Waals surface area contributed by atoms with Crippen LogP contribution in [0.4, 0.5) is 34.1 Å². The number of para-hydroxylation sites is 6. The van der Waals surface area contributed by atoms with E-state index in [1.165, 1.54) is 65.8 Å². The second-order valence-corrected chi connectivity index (χ2v) is 29.6. The predicted molar refractivity (Wildman–Crippen MR) is 467 cm³/mol. The summed E-state index contributed by atoms with van der Waals surface area (Å²) in [6, 6.07) is 150. The number of anilines is 6. The van der Waals surface area contributed by atoms with Crippen molar-refractivity contribution in [2.24, 2.45) is 0 Å². The molecule has 0 N–H and O–H groups in total. The minimum Gasteiger partial charge on any atom is -0.310 e.